The van der Waals surface area contributed by atoms with E-state index >= 15 is 0 Å². The minimum atomic E-state index is -0.341. The van der Waals surface area contributed by atoms with Gasteiger partial charge in [0.25, 0.3) is 5.91 Å². The number of amides is 1. The van der Waals surface area contributed by atoms with Gasteiger partial charge in [0.15, 0.2) is 4.32 Å². The summed E-state index contributed by atoms with van der Waals surface area (Å²) in [6.07, 6.45) is 3.67. The fourth-order valence-electron chi connectivity index (χ4n) is 3.16. The van der Waals surface area contributed by atoms with Crippen molar-refractivity contribution >= 4 is 78.8 Å². The van der Waals surface area contributed by atoms with Gasteiger partial charge in [0.2, 0.25) is 0 Å². The van der Waals surface area contributed by atoms with Crippen LogP contribution >= 0.6 is 39.9 Å². The molecule has 0 aliphatic carbocycles. The molecule has 3 aromatic rings. The summed E-state index contributed by atoms with van der Waals surface area (Å²) in [5, 5.41) is 0.924. The van der Waals surface area contributed by atoms with Gasteiger partial charge in [-0.15, -0.1) is 0 Å². The summed E-state index contributed by atoms with van der Waals surface area (Å²) in [6, 6.07) is 15.1. The summed E-state index contributed by atoms with van der Waals surface area (Å²) in [4.78, 5) is 26.9. The number of thiocarbonyl (C=S) groups is 1. The van der Waals surface area contributed by atoms with Gasteiger partial charge in [-0.2, -0.15) is 0 Å². The highest BCUT2D eigenvalue weighted by Gasteiger charge is 2.33. The Morgan fingerprint density at radius 1 is 1.24 bits per heavy atom. The quantitative estimate of drug-likeness (QED) is 0.295. The molecule has 0 saturated carbocycles. The van der Waals surface area contributed by atoms with Gasteiger partial charge in [-0.05, 0) is 36.4 Å². The lowest BCUT2D eigenvalue weighted by molar-refractivity contribution is -0.141. The molecule has 0 spiro atoms. The number of halogens is 1. The Labute approximate surface area is 185 Å². The molecular formula is C21H15BrN2O3S2. The van der Waals surface area contributed by atoms with Gasteiger partial charge in [-0.25, -0.2) is 0 Å². The number of methoxy groups -OCH3 is 1. The van der Waals surface area contributed by atoms with E-state index in [4.69, 9.17) is 17.0 Å². The van der Waals surface area contributed by atoms with Gasteiger partial charge in [0.05, 0.1) is 17.7 Å². The molecule has 2 heterocycles. The van der Waals surface area contributed by atoms with Crippen molar-refractivity contribution in [2.24, 2.45) is 0 Å². The van der Waals surface area contributed by atoms with E-state index in [1.807, 2.05) is 65.4 Å². The van der Waals surface area contributed by atoms with Crippen LogP contribution in [0.3, 0.4) is 0 Å². The van der Waals surface area contributed by atoms with Crippen LogP contribution in [0.2, 0.25) is 0 Å². The van der Waals surface area contributed by atoms with Crippen molar-refractivity contribution in [3.63, 3.8) is 0 Å². The third-order valence-electron chi connectivity index (χ3n) is 4.50. The smallest absolute Gasteiger partial charge is 0.325 e. The van der Waals surface area contributed by atoms with E-state index in [-0.39, 0.29) is 18.4 Å². The lowest BCUT2D eigenvalue weighted by Crippen LogP contribution is -2.27. The molecule has 29 heavy (non-hydrogen) atoms. The molecule has 8 heteroatoms. The van der Waals surface area contributed by atoms with Crippen molar-refractivity contribution in [2.45, 2.75) is 6.54 Å². The number of nitrogens with zero attached hydrogens (tertiary/aromatic N) is 2. The number of fused-ring (bicyclic) bond motifs is 1. The first-order chi connectivity index (χ1) is 14.0. The molecule has 1 fully saturated rings. The maximum absolute atomic E-state index is 13.0. The lowest BCUT2D eigenvalue weighted by Gasteiger charge is -2.13. The topological polar surface area (TPSA) is 51.5 Å². The van der Waals surface area contributed by atoms with Gasteiger partial charge in [-0.3, -0.25) is 14.5 Å². The minimum absolute atomic E-state index is 0.0907. The fourth-order valence-corrected chi connectivity index (χ4v) is 4.81. The normalized spacial score (nSPS) is 15.5. The van der Waals surface area contributed by atoms with Crippen molar-refractivity contribution < 1.29 is 14.3 Å². The number of para-hydroxylation sites is 1. The summed E-state index contributed by atoms with van der Waals surface area (Å²) in [6.45, 7) is 0.0907. The second-order valence-electron chi connectivity index (χ2n) is 6.30. The predicted molar refractivity (Wildman–Crippen MR) is 124 cm³/mol. The largest absolute Gasteiger partial charge is 0.468 e. The van der Waals surface area contributed by atoms with Crippen molar-refractivity contribution in [1.29, 1.82) is 0 Å². The zero-order valence-electron chi connectivity index (χ0n) is 15.3. The van der Waals surface area contributed by atoms with Crippen LogP contribution in [-0.4, -0.2) is 27.9 Å². The molecule has 0 N–H and O–H groups in total. The molecule has 0 atom stereocenters. The molecule has 1 aliphatic heterocycles. The van der Waals surface area contributed by atoms with Gasteiger partial charge >= 0.3 is 5.97 Å². The first-order valence-corrected chi connectivity index (χ1v) is 10.7. The third kappa shape index (κ3) is 3.88. The molecule has 0 unspecified atom stereocenters. The summed E-state index contributed by atoms with van der Waals surface area (Å²) in [7, 11) is 1.36. The van der Waals surface area contributed by atoms with Crippen LogP contribution in [0, 0.1) is 0 Å². The zero-order valence-corrected chi connectivity index (χ0v) is 18.5. The van der Waals surface area contributed by atoms with Crippen LogP contribution in [0.25, 0.3) is 17.0 Å². The Hall–Kier alpha value is -2.42. The molecular weight excluding hydrogens is 472 g/mol. The van der Waals surface area contributed by atoms with Crippen LogP contribution in [-0.2, 0) is 20.9 Å². The molecule has 4 rings (SSSR count). The molecule has 0 bridgehead atoms. The highest BCUT2D eigenvalue weighted by molar-refractivity contribution is 9.10. The standard InChI is InChI=1S/C21H15BrN2O3S2/c1-27-19(25)12-23-11-13(16-10-14(22)7-8-17(16)23)9-18-20(26)24(21(28)29-18)15-5-3-2-4-6-15/h2-11H,12H2,1H3/b18-9-. The number of hydrogen-bond acceptors (Lipinski definition) is 5. The monoisotopic (exact) mass is 486 g/mol. The zero-order chi connectivity index (χ0) is 20.5. The van der Waals surface area contributed by atoms with E-state index in [9.17, 15) is 9.59 Å². The number of carbonyl (C=O) groups is 2. The highest BCUT2D eigenvalue weighted by atomic mass is 79.9. The number of esters is 1. The van der Waals surface area contributed by atoms with Gasteiger partial charge in [-0.1, -0.05) is 58.1 Å². The molecule has 1 aliphatic rings. The molecule has 0 radical (unpaired) electrons. The number of anilines is 1. The van der Waals surface area contributed by atoms with Crippen LogP contribution in [0.4, 0.5) is 5.69 Å². The number of thioether (sulfide) groups is 1. The molecule has 146 valence electrons. The van der Waals surface area contributed by atoms with E-state index in [0.29, 0.717) is 9.23 Å². The second kappa shape index (κ2) is 8.14. The lowest BCUT2D eigenvalue weighted by atomic mass is 10.1. The van der Waals surface area contributed by atoms with Crippen molar-refractivity contribution in [2.75, 3.05) is 12.0 Å². The Morgan fingerprint density at radius 2 is 2.00 bits per heavy atom. The maximum Gasteiger partial charge on any atom is 0.325 e. The first kappa shape index (κ1) is 19.9. The van der Waals surface area contributed by atoms with Crippen LogP contribution in [0.1, 0.15) is 5.56 Å². The van der Waals surface area contributed by atoms with Gasteiger partial charge in [0.1, 0.15) is 6.54 Å². The van der Waals surface area contributed by atoms with Crippen molar-refractivity contribution in [3.05, 3.63) is 69.7 Å². The molecule has 2 aromatic carbocycles. The molecule has 1 aromatic heterocycles. The summed E-state index contributed by atoms with van der Waals surface area (Å²) in [5.41, 5.74) is 2.46. The molecule has 1 saturated heterocycles. The van der Waals surface area contributed by atoms with Gasteiger partial charge < -0.3 is 9.30 Å². The number of rotatable bonds is 4. The number of ether oxygens (including phenoxy) is 1. The predicted octanol–water partition coefficient (Wildman–Crippen LogP) is 4.98. The Balaban J connectivity index is 1.76. The van der Waals surface area contributed by atoms with E-state index in [1.54, 1.807) is 0 Å². The second-order valence-corrected chi connectivity index (χ2v) is 8.89. The number of hydrogen-bond donors (Lipinski definition) is 0. The first-order valence-electron chi connectivity index (χ1n) is 8.66. The summed E-state index contributed by atoms with van der Waals surface area (Å²) >= 11 is 10.2. The summed E-state index contributed by atoms with van der Waals surface area (Å²) < 4.78 is 8.02. The maximum atomic E-state index is 13.0. The average Bonchev–Trinajstić information content (AvgIpc) is 3.18. The van der Waals surface area contributed by atoms with Crippen LogP contribution in [0.5, 0.6) is 0 Å². The van der Waals surface area contributed by atoms with E-state index in [2.05, 4.69) is 15.9 Å². The Bertz CT molecular complexity index is 1170. The number of carbonyl (C=O) groups excluding carboxylic acids is 2. The van der Waals surface area contributed by atoms with E-state index in [1.165, 1.54) is 23.8 Å². The highest BCUT2D eigenvalue weighted by Crippen LogP contribution is 2.37. The van der Waals surface area contributed by atoms with Crippen LogP contribution < -0.4 is 4.90 Å². The van der Waals surface area contributed by atoms with E-state index in [0.717, 1.165) is 26.6 Å². The van der Waals surface area contributed by atoms with Crippen LogP contribution in [0.15, 0.2) is 64.1 Å². The minimum Gasteiger partial charge on any atom is -0.468 e. The third-order valence-corrected chi connectivity index (χ3v) is 6.29. The van der Waals surface area contributed by atoms with E-state index < -0.39 is 0 Å². The average molecular weight is 487 g/mol. The Kier molecular flexibility index (Phi) is 5.58. The van der Waals surface area contributed by atoms with Crippen molar-refractivity contribution in [3.8, 4) is 0 Å². The van der Waals surface area contributed by atoms with Gasteiger partial charge in [0, 0.05) is 27.1 Å². The molecule has 1 amide bonds. The Morgan fingerprint density at radius 3 is 2.72 bits per heavy atom. The SMILES string of the molecule is COC(=O)Cn1cc(/C=C2\SC(=S)N(c3ccccc3)C2=O)c2cc(Br)ccc21. The molecule has 5 nitrogen and oxygen atoms in total. The fraction of sp³-hybridized carbons (Fsp3) is 0.0952. The number of aromatic nitrogens is 1. The summed E-state index contributed by atoms with van der Waals surface area (Å²) in [5.74, 6) is -0.498. The number of benzene rings is 2. The van der Waals surface area contributed by atoms with Crippen molar-refractivity contribution in [1.82, 2.24) is 4.57 Å².